The molecule has 24 heavy (non-hydrogen) atoms. The fraction of sp³-hybridized carbons (Fsp3) is 0.158. The van der Waals surface area contributed by atoms with Crippen LogP contribution in [0.15, 0.2) is 60.0 Å². The van der Waals surface area contributed by atoms with Gasteiger partial charge in [0.2, 0.25) is 5.91 Å². The maximum Gasteiger partial charge on any atom is 0.228 e. The van der Waals surface area contributed by atoms with Crippen LogP contribution in [0.2, 0.25) is 0 Å². The first-order valence-corrected chi connectivity index (χ1v) is 8.61. The summed E-state index contributed by atoms with van der Waals surface area (Å²) in [5.41, 5.74) is 2.64. The molecule has 1 aromatic heterocycles. The molecular weight excluding hydrogens is 323 g/mol. The Labute approximate surface area is 144 Å². The predicted octanol–water partition coefficient (Wildman–Crippen LogP) is 4.89. The normalized spacial score (nSPS) is 10.6. The quantitative estimate of drug-likeness (QED) is 0.662. The van der Waals surface area contributed by atoms with Gasteiger partial charge in [-0.2, -0.15) is 0 Å². The molecule has 0 fully saturated rings. The molecule has 0 saturated heterocycles. The number of nitrogens with zero attached hydrogens (tertiary/aromatic N) is 2. The summed E-state index contributed by atoms with van der Waals surface area (Å²) in [4.78, 5) is 18.6. The number of carbonyl (C=O) groups is 1. The average Bonchev–Trinajstić information content (AvgIpc) is 3.10. The molecule has 0 aliphatic rings. The lowest BCUT2D eigenvalue weighted by Gasteiger charge is -2.19. The summed E-state index contributed by atoms with van der Waals surface area (Å²) in [6.07, 6.45) is 0.415. The minimum absolute atomic E-state index is 0.0267. The van der Waals surface area contributed by atoms with Crippen molar-refractivity contribution in [3.05, 3.63) is 71.4 Å². The fourth-order valence-electron chi connectivity index (χ4n) is 2.36. The van der Waals surface area contributed by atoms with Gasteiger partial charge in [0.1, 0.15) is 5.82 Å². The van der Waals surface area contributed by atoms with Gasteiger partial charge >= 0.3 is 0 Å². The Kier molecular flexibility index (Phi) is 5.01. The Hall–Kier alpha value is -2.53. The highest BCUT2D eigenvalue weighted by Gasteiger charge is 2.18. The molecule has 0 atom stereocenters. The van der Waals surface area contributed by atoms with E-state index in [-0.39, 0.29) is 11.7 Å². The number of carbonyl (C=O) groups excluding carboxylic acids is 1. The molecule has 0 N–H and O–H groups in total. The standard InChI is InChI=1S/C19H17FN2OS/c1-2-18(23)22(12-14-6-4-3-5-7-14)19-21-17(13-24-19)15-8-10-16(20)11-9-15/h3-11,13H,2,12H2,1H3. The third-order valence-electron chi connectivity index (χ3n) is 3.65. The second-order valence-corrected chi connectivity index (χ2v) is 6.18. The van der Waals surface area contributed by atoms with Crippen LogP contribution < -0.4 is 4.90 Å². The molecule has 1 heterocycles. The molecule has 2 aromatic carbocycles. The number of amides is 1. The molecule has 0 radical (unpaired) electrons. The predicted molar refractivity (Wildman–Crippen MR) is 95.4 cm³/mol. The fourth-order valence-corrected chi connectivity index (χ4v) is 3.21. The van der Waals surface area contributed by atoms with E-state index >= 15 is 0 Å². The Bertz CT molecular complexity index is 815. The number of hydrogen-bond acceptors (Lipinski definition) is 3. The molecule has 3 aromatic rings. The molecule has 0 unspecified atom stereocenters. The smallest absolute Gasteiger partial charge is 0.228 e. The van der Waals surface area contributed by atoms with Crippen molar-refractivity contribution in [2.75, 3.05) is 4.90 Å². The van der Waals surface area contributed by atoms with E-state index in [2.05, 4.69) is 4.98 Å². The highest BCUT2D eigenvalue weighted by Crippen LogP contribution is 2.29. The van der Waals surface area contributed by atoms with Crippen LogP contribution in [-0.4, -0.2) is 10.9 Å². The van der Waals surface area contributed by atoms with Gasteiger partial charge in [-0.05, 0) is 29.8 Å². The largest absolute Gasteiger partial charge is 0.284 e. The van der Waals surface area contributed by atoms with Crippen LogP contribution in [0.3, 0.4) is 0 Å². The van der Waals surface area contributed by atoms with E-state index < -0.39 is 0 Å². The summed E-state index contributed by atoms with van der Waals surface area (Å²) in [5, 5.41) is 2.55. The number of benzene rings is 2. The van der Waals surface area contributed by atoms with Gasteiger partial charge in [0.25, 0.3) is 0 Å². The molecule has 0 spiro atoms. The summed E-state index contributed by atoms with van der Waals surface area (Å²) in [6.45, 7) is 2.33. The Morgan fingerprint density at radius 2 is 1.83 bits per heavy atom. The molecule has 5 heteroatoms. The van der Waals surface area contributed by atoms with E-state index in [4.69, 9.17) is 0 Å². The van der Waals surface area contributed by atoms with Gasteiger partial charge in [0.05, 0.1) is 12.2 Å². The highest BCUT2D eigenvalue weighted by atomic mass is 32.1. The first kappa shape index (κ1) is 16.3. The van der Waals surface area contributed by atoms with E-state index in [1.165, 1.54) is 23.5 Å². The zero-order chi connectivity index (χ0) is 16.9. The number of anilines is 1. The molecule has 0 bridgehead atoms. The maximum absolute atomic E-state index is 13.1. The Balaban J connectivity index is 1.88. The minimum Gasteiger partial charge on any atom is -0.284 e. The SMILES string of the molecule is CCC(=O)N(Cc1ccccc1)c1nc(-c2ccc(F)cc2)cs1. The van der Waals surface area contributed by atoms with Crippen molar-refractivity contribution in [1.29, 1.82) is 0 Å². The average molecular weight is 340 g/mol. The monoisotopic (exact) mass is 340 g/mol. The second-order valence-electron chi connectivity index (χ2n) is 5.34. The number of aromatic nitrogens is 1. The third-order valence-corrected chi connectivity index (χ3v) is 4.51. The van der Waals surface area contributed by atoms with Crippen molar-refractivity contribution in [1.82, 2.24) is 4.98 Å². The van der Waals surface area contributed by atoms with Crippen molar-refractivity contribution in [2.24, 2.45) is 0 Å². The van der Waals surface area contributed by atoms with Crippen LogP contribution in [-0.2, 0) is 11.3 Å². The van der Waals surface area contributed by atoms with Gasteiger partial charge in [0.15, 0.2) is 5.13 Å². The van der Waals surface area contributed by atoms with Crippen molar-refractivity contribution in [3.8, 4) is 11.3 Å². The van der Waals surface area contributed by atoms with E-state index in [1.54, 1.807) is 17.0 Å². The molecule has 0 aliphatic heterocycles. The van der Waals surface area contributed by atoms with Gasteiger partial charge in [-0.1, -0.05) is 37.3 Å². The van der Waals surface area contributed by atoms with E-state index in [9.17, 15) is 9.18 Å². The topological polar surface area (TPSA) is 33.2 Å². The summed E-state index contributed by atoms with van der Waals surface area (Å²) >= 11 is 1.42. The minimum atomic E-state index is -0.277. The maximum atomic E-state index is 13.1. The Morgan fingerprint density at radius 1 is 1.12 bits per heavy atom. The van der Waals surface area contributed by atoms with E-state index in [0.717, 1.165) is 16.8 Å². The lowest BCUT2D eigenvalue weighted by molar-refractivity contribution is -0.118. The van der Waals surface area contributed by atoms with E-state index in [0.29, 0.717) is 18.1 Å². The van der Waals surface area contributed by atoms with Gasteiger partial charge in [-0.3, -0.25) is 9.69 Å². The van der Waals surface area contributed by atoms with Gasteiger partial charge < -0.3 is 0 Å². The van der Waals surface area contributed by atoms with Crippen LogP contribution >= 0.6 is 11.3 Å². The summed E-state index contributed by atoms with van der Waals surface area (Å²) < 4.78 is 13.1. The molecule has 3 nitrogen and oxygen atoms in total. The van der Waals surface area contributed by atoms with Crippen LogP contribution in [0.25, 0.3) is 11.3 Å². The van der Waals surface area contributed by atoms with Crippen molar-refractivity contribution in [3.63, 3.8) is 0 Å². The van der Waals surface area contributed by atoms with Gasteiger partial charge in [0, 0.05) is 17.4 Å². The van der Waals surface area contributed by atoms with Crippen molar-refractivity contribution < 1.29 is 9.18 Å². The first-order valence-electron chi connectivity index (χ1n) is 7.73. The lowest BCUT2D eigenvalue weighted by atomic mass is 10.2. The summed E-state index contributed by atoms with van der Waals surface area (Å²) in [7, 11) is 0. The first-order chi connectivity index (χ1) is 11.7. The van der Waals surface area contributed by atoms with Crippen LogP contribution in [0, 0.1) is 5.82 Å². The van der Waals surface area contributed by atoms with Gasteiger partial charge in [-0.15, -0.1) is 11.3 Å². The molecule has 1 amide bonds. The van der Waals surface area contributed by atoms with Crippen LogP contribution in [0.4, 0.5) is 9.52 Å². The molecule has 3 rings (SSSR count). The number of hydrogen-bond donors (Lipinski definition) is 0. The number of thiazole rings is 1. The van der Waals surface area contributed by atoms with Crippen molar-refractivity contribution in [2.45, 2.75) is 19.9 Å². The second kappa shape index (κ2) is 7.36. The molecule has 0 saturated carbocycles. The summed E-state index contributed by atoms with van der Waals surface area (Å²) in [5.74, 6) is -0.250. The van der Waals surface area contributed by atoms with Crippen molar-refractivity contribution >= 4 is 22.4 Å². The zero-order valence-electron chi connectivity index (χ0n) is 13.3. The van der Waals surface area contributed by atoms with Crippen LogP contribution in [0.1, 0.15) is 18.9 Å². The Morgan fingerprint density at radius 3 is 2.50 bits per heavy atom. The third kappa shape index (κ3) is 3.68. The van der Waals surface area contributed by atoms with Crippen LogP contribution in [0.5, 0.6) is 0 Å². The molecular formula is C19H17FN2OS. The summed E-state index contributed by atoms with van der Waals surface area (Å²) in [6, 6.07) is 16.0. The molecule has 0 aliphatic carbocycles. The number of halogens is 1. The zero-order valence-corrected chi connectivity index (χ0v) is 14.1. The number of rotatable bonds is 5. The molecule has 122 valence electrons. The highest BCUT2D eigenvalue weighted by molar-refractivity contribution is 7.14. The van der Waals surface area contributed by atoms with Gasteiger partial charge in [-0.25, -0.2) is 9.37 Å². The lowest BCUT2D eigenvalue weighted by Crippen LogP contribution is -2.29. The van der Waals surface area contributed by atoms with E-state index in [1.807, 2.05) is 42.6 Å².